The Morgan fingerprint density at radius 1 is 0.522 bits per heavy atom. The van der Waals surface area contributed by atoms with Gasteiger partial charge in [-0.15, -0.1) is 0 Å². The molecule has 0 radical (unpaired) electrons. The quantitative estimate of drug-likeness (QED) is 0.347. The number of carbonyl (C=O) groups is 2. The molecule has 0 atom stereocenters. The summed E-state index contributed by atoms with van der Waals surface area (Å²) in [5, 5.41) is 5.35. The van der Waals surface area contributed by atoms with Gasteiger partial charge in [0.25, 0.3) is 0 Å². The maximum Gasteiger partial charge on any atom is 0.309 e. The van der Waals surface area contributed by atoms with Crippen LogP contribution in [0, 0.1) is 0 Å². The minimum Gasteiger partial charge on any atom is -0.348 e. The molecule has 0 fully saturated rings. The van der Waals surface area contributed by atoms with Crippen LogP contribution in [-0.4, -0.2) is 24.9 Å². The maximum absolute atomic E-state index is 11.5. The minimum atomic E-state index is -0.492. The van der Waals surface area contributed by atoms with Crippen LogP contribution in [0.4, 0.5) is 0 Å². The summed E-state index contributed by atoms with van der Waals surface area (Å²) in [7, 11) is 0. The Morgan fingerprint density at radius 3 is 1.26 bits per heavy atom. The van der Waals surface area contributed by atoms with Gasteiger partial charge in [0.1, 0.15) is 0 Å². The van der Waals surface area contributed by atoms with Crippen LogP contribution < -0.4 is 10.6 Å². The fourth-order valence-corrected chi connectivity index (χ4v) is 2.55. The predicted octanol–water partition coefficient (Wildman–Crippen LogP) is 4.33. The standard InChI is InChI=1S/C19H38N2O2/c1-3-5-7-8-9-10-11-12-13-15-17-21-19(23)18(22)20-16-14-6-4-2/h3-17H2,1-2H3,(H,20,22)(H,21,23). The second-order valence-corrected chi connectivity index (χ2v) is 6.40. The smallest absolute Gasteiger partial charge is 0.309 e. The third-order valence-electron chi connectivity index (χ3n) is 4.09. The molecular formula is C19H38N2O2. The third kappa shape index (κ3) is 15.6. The fraction of sp³-hybridized carbons (Fsp3) is 0.895. The summed E-state index contributed by atoms with van der Waals surface area (Å²) >= 11 is 0. The van der Waals surface area contributed by atoms with E-state index in [0.717, 1.165) is 32.1 Å². The lowest BCUT2D eigenvalue weighted by atomic mass is 10.1. The van der Waals surface area contributed by atoms with E-state index in [-0.39, 0.29) is 0 Å². The minimum absolute atomic E-state index is 0.488. The van der Waals surface area contributed by atoms with Gasteiger partial charge in [-0.05, 0) is 12.8 Å². The Balaban J connectivity index is 3.30. The van der Waals surface area contributed by atoms with Crippen LogP contribution in [0.5, 0.6) is 0 Å². The lowest BCUT2D eigenvalue weighted by Gasteiger charge is -2.06. The van der Waals surface area contributed by atoms with Crippen molar-refractivity contribution in [3.8, 4) is 0 Å². The highest BCUT2D eigenvalue weighted by Gasteiger charge is 2.11. The highest BCUT2D eigenvalue weighted by molar-refractivity contribution is 6.35. The summed E-state index contributed by atoms with van der Waals surface area (Å²) in [6.07, 6.45) is 15.9. The van der Waals surface area contributed by atoms with Crippen molar-refractivity contribution in [3.63, 3.8) is 0 Å². The van der Waals surface area contributed by atoms with Crippen LogP contribution in [-0.2, 0) is 9.59 Å². The second-order valence-electron chi connectivity index (χ2n) is 6.40. The van der Waals surface area contributed by atoms with Gasteiger partial charge in [-0.3, -0.25) is 9.59 Å². The zero-order valence-electron chi connectivity index (χ0n) is 15.4. The van der Waals surface area contributed by atoms with Gasteiger partial charge in [-0.2, -0.15) is 0 Å². The fourth-order valence-electron chi connectivity index (χ4n) is 2.55. The highest BCUT2D eigenvalue weighted by Crippen LogP contribution is 2.10. The average molecular weight is 327 g/mol. The number of hydrogen-bond acceptors (Lipinski definition) is 2. The molecule has 0 spiro atoms. The molecule has 0 aromatic heterocycles. The van der Waals surface area contributed by atoms with E-state index in [9.17, 15) is 9.59 Å². The van der Waals surface area contributed by atoms with Gasteiger partial charge in [0.15, 0.2) is 0 Å². The Kier molecular flexibility index (Phi) is 16.5. The summed E-state index contributed by atoms with van der Waals surface area (Å²) in [6.45, 7) is 5.56. The number of unbranched alkanes of at least 4 members (excludes halogenated alkanes) is 11. The molecule has 0 aromatic carbocycles. The van der Waals surface area contributed by atoms with Crippen molar-refractivity contribution in [2.45, 2.75) is 97.3 Å². The monoisotopic (exact) mass is 326 g/mol. The lowest BCUT2D eigenvalue weighted by Crippen LogP contribution is -2.40. The number of nitrogens with one attached hydrogen (secondary N) is 2. The summed E-state index contributed by atoms with van der Waals surface area (Å²) in [5.41, 5.74) is 0. The molecule has 0 aliphatic carbocycles. The average Bonchev–Trinajstić information content (AvgIpc) is 2.56. The van der Waals surface area contributed by atoms with Crippen LogP contribution in [0.1, 0.15) is 97.3 Å². The van der Waals surface area contributed by atoms with Crippen molar-refractivity contribution >= 4 is 11.8 Å². The van der Waals surface area contributed by atoms with Gasteiger partial charge in [0, 0.05) is 13.1 Å². The SMILES string of the molecule is CCCCCCCCCCCCNC(=O)C(=O)NCCCCC. The van der Waals surface area contributed by atoms with Crippen molar-refractivity contribution in [3.05, 3.63) is 0 Å². The largest absolute Gasteiger partial charge is 0.348 e. The van der Waals surface area contributed by atoms with Crippen LogP contribution in [0.3, 0.4) is 0 Å². The molecule has 0 aliphatic heterocycles. The third-order valence-corrected chi connectivity index (χ3v) is 4.09. The number of amides is 2. The molecule has 0 aliphatic rings. The molecule has 4 heteroatoms. The van der Waals surface area contributed by atoms with Crippen molar-refractivity contribution in [2.75, 3.05) is 13.1 Å². The first-order valence-electron chi connectivity index (χ1n) is 9.78. The van der Waals surface area contributed by atoms with Crippen molar-refractivity contribution < 1.29 is 9.59 Å². The van der Waals surface area contributed by atoms with E-state index in [2.05, 4.69) is 24.5 Å². The molecule has 0 unspecified atom stereocenters. The van der Waals surface area contributed by atoms with E-state index in [1.807, 2.05) is 0 Å². The molecule has 0 rings (SSSR count). The first-order chi connectivity index (χ1) is 11.2. The molecule has 23 heavy (non-hydrogen) atoms. The van der Waals surface area contributed by atoms with Gasteiger partial charge >= 0.3 is 11.8 Å². The molecule has 2 N–H and O–H groups in total. The zero-order chi connectivity index (χ0) is 17.2. The molecule has 0 heterocycles. The summed E-state index contributed by atoms with van der Waals surface area (Å²) in [4.78, 5) is 23.0. The molecule has 0 saturated carbocycles. The van der Waals surface area contributed by atoms with E-state index in [0.29, 0.717) is 13.1 Å². The van der Waals surface area contributed by atoms with E-state index < -0.39 is 11.8 Å². The Bertz CT molecular complexity index is 293. The Hall–Kier alpha value is -1.06. The van der Waals surface area contributed by atoms with Crippen molar-refractivity contribution in [1.82, 2.24) is 10.6 Å². The van der Waals surface area contributed by atoms with Crippen molar-refractivity contribution in [1.29, 1.82) is 0 Å². The van der Waals surface area contributed by atoms with E-state index in [1.54, 1.807) is 0 Å². The first-order valence-corrected chi connectivity index (χ1v) is 9.78. The Labute approximate surface area is 143 Å². The molecular weight excluding hydrogens is 288 g/mol. The first kappa shape index (κ1) is 21.9. The van der Waals surface area contributed by atoms with Gasteiger partial charge in [-0.1, -0.05) is 84.5 Å². The number of hydrogen-bond donors (Lipinski definition) is 2. The maximum atomic E-state index is 11.5. The Morgan fingerprint density at radius 2 is 0.826 bits per heavy atom. The molecule has 136 valence electrons. The highest BCUT2D eigenvalue weighted by atomic mass is 16.2. The summed E-state index contributed by atoms with van der Waals surface area (Å²) < 4.78 is 0. The van der Waals surface area contributed by atoms with E-state index in [1.165, 1.54) is 51.4 Å². The van der Waals surface area contributed by atoms with Crippen LogP contribution >= 0.6 is 0 Å². The van der Waals surface area contributed by atoms with Crippen LogP contribution in [0.25, 0.3) is 0 Å². The molecule has 0 saturated heterocycles. The molecule has 0 bridgehead atoms. The second kappa shape index (κ2) is 17.3. The van der Waals surface area contributed by atoms with Crippen molar-refractivity contribution in [2.24, 2.45) is 0 Å². The zero-order valence-corrected chi connectivity index (χ0v) is 15.4. The van der Waals surface area contributed by atoms with Gasteiger partial charge in [0.2, 0.25) is 0 Å². The summed E-state index contributed by atoms with van der Waals surface area (Å²) in [5.74, 6) is -0.981. The molecule has 2 amide bonds. The number of carbonyl (C=O) groups excluding carboxylic acids is 2. The van der Waals surface area contributed by atoms with E-state index in [4.69, 9.17) is 0 Å². The van der Waals surface area contributed by atoms with Crippen LogP contribution in [0.2, 0.25) is 0 Å². The van der Waals surface area contributed by atoms with E-state index >= 15 is 0 Å². The number of rotatable bonds is 15. The molecule has 4 nitrogen and oxygen atoms in total. The van der Waals surface area contributed by atoms with Gasteiger partial charge in [0.05, 0.1) is 0 Å². The predicted molar refractivity (Wildman–Crippen MR) is 97.4 cm³/mol. The normalized spacial score (nSPS) is 10.5. The summed E-state index contributed by atoms with van der Waals surface area (Å²) in [6, 6.07) is 0. The van der Waals surface area contributed by atoms with Gasteiger partial charge in [-0.25, -0.2) is 0 Å². The topological polar surface area (TPSA) is 58.2 Å². The lowest BCUT2D eigenvalue weighted by molar-refractivity contribution is -0.139. The molecule has 0 aromatic rings. The van der Waals surface area contributed by atoms with Crippen LogP contribution in [0.15, 0.2) is 0 Å². The van der Waals surface area contributed by atoms with Gasteiger partial charge < -0.3 is 10.6 Å².